The second-order valence-corrected chi connectivity index (χ2v) is 1.91. The molecule has 0 spiro atoms. The summed E-state index contributed by atoms with van der Waals surface area (Å²) in [7, 11) is 0. The Morgan fingerprint density at radius 1 is 1.00 bits per heavy atom. The minimum absolute atomic E-state index is 0. The summed E-state index contributed by atoms with van der Waals surface area (Å²) >= 11 is 0. The van der Waals surface area contributed by atoms with Crippen molar-refractivity contribution >= 4 is 33.1 Å². The van der Waals surface area contributed by atoms with E-state index in [2.05, 4.69) is 18.2 Å². The molecule has 0 unspecified atom stereocenters. The highest BCUT2D eigenvalue weighted by Crippen LogP contribution is 1.99. The largest absolute Gasteiger partial charge is 0.197 e. The van der Waals surface area contributed by atoms with Crippen LogP contribution in [0.15, 0.2) is 36.4 Å². The molecule has 1 aromatic carbocycles. The second-order valence-electron chi connectivity index (χ2n) is 1.91. The van der Waals surface area contributed by atoms with E-state index >= 15 is 0 Å². The molecule has 0 saturated carbocycles. The van der Waals surface area contributed by atoms with Gasteiger partial charge in [0.1, 0.15) is 0 Å². The molecule has 1 aromatic rings. The molecule has 0 amide bonds. The van der Waals surface area contributed by atoms with Gasteiger partial charge in [0.15, 0.2) is 0 Å². The van der Waals surface area contributed by atoms with Gasteiger partial charge in [-0.2, -0.15) is 27.0 Å². The maximum Gasteiger partial charge on any atom is -0.0260 e. The van der Waals surface area contributed by atoms with Gasteiger partial charge in [0.05, 0.1) is 0 Å². The number of allylic oxidation sites excluding steroid dienone is 1. The Kier molecular flexibility index (Phi) is 9.36. The molecule has 0 aliphatic carbocycles. The van der Waals surface area contributed by atoms with Gasteiger partial charge in [0.2, 0.25) is 0 Å². The molecule has 62 valence electrons. The molecule has 0 atom stereocenters. The van der Waals surface area contributed by atoms with Gasteiger partial charge in [-0.1, -0.05) is 42.5 Å². The first-order valence-electron chi connectivity index (χ1n) is 3.11. The van der Waals surface area contributed by atoms with Crippen LogP contribution in [-0.2, 0) is 0 Å². The molecule has 0 aliphatic heterocycles. The zero-order valence-corrected chi connectivity index (χ0v) is 8.54. The molecule has 0 heterocycles. The first kappa shape index (κ1) is 13.3. The Balaban J connectivity index is 0. The van der Waals surface area contributed by atoms with Crippen LogP contribution in [0.2, 0.25) is 0 Å². The average Bonchev–Trinajstić information content (AvgIpc) is 1.91. The van der Waals surface area contributed by atoms with Crippen molar-refractivity contribution in [3.05, 3.63) is 42.0 Å². The topological polar surface area (TPSA) is 0 Å². The van der Waals surface area contributed by atoms with E-state index in [1.54, 1.807) is 0 Å². The van der Waals surface area contributed by atoms with Gasteiger partial charge in [-0.05, 0) is 12.5 Å². The average molecular weight is 186 g/mol. The van der Waals surface area contributed by atoms with Crippen LogP contribution in [0.5, 0.6) is 0 Å². The lowest BCUT2D eigenvalue weighted by Gasteiger charge is -1.86. The third kappa shape index (κ3) is 4.99. The second kappa shape index (κ2) is 7.76. The minimum Gasteiger partial charge on any atom is -0.197 e. The third-order valence-corrected chi connectivity index (χ3v) is 1.16. The highest BCUT2D eigenvalue weighted by Gasteiger charge is 1.77. The van der Waals surface area contributed by atoms with Gasteiger partial charge in [0, 0.05) is 0 Å². The number of rotatable bonds is 1. The summed E-state index contributed by atoms with van der Waals surface area (Å²) < 4.78 is 0. The lowest BCUT2D eigenvalue weighted by atomic mass is 10.2. The Labute approximate surface area is 82.2 Å². The van der Waals surface area contributed by atoms with Crippen LogP contribution in [0.1, 0.15) is 12.5 Å². The third-order valence-electron chi connectivity index (χ3n) is 1.16. The first-order chi connectivity index (χ1) is 4.43. The van der Waals surface area contributed by atoms with E-state index in [1.807, 2.05) is 31.2 Å². The Morgan fingerprint density at radius 3 is 2.00 bits per heavy atom. The van der Waals surface area contributed by atoms with Crippen molar-refractivity contribution in [3.63, 3.8) is 0 Å². The molecule has 2 heteroatoms. The van der Waals surface area contributed by atoms with Gasteiger partial charge in [-0.15, -0.1) is 0 Å². The van der Waals surface area contributed by atoms with Gasteiger partial charge >= 0.3 is 0 Å². The fourth-order valence-electron chi connectivity index (χ4n) is 0.757. The summed E-state index contributed by atoms with van der Waals surface area (Å²) in [6.07, 6.45) is 4.12. The summed E-state index contributed by atoms with van der Waals surface area (Å²) in [5, 5.41) is 0. The van der Waals surface area contributed by atoms with Crippen molar-refractivity contribution in [1.82, 2.24) is 0 Å². The maximum absolute atomic E-state index is 2.08. The summed E-state index contributed by atoms with van der Waals surface area (Å²) in [6, 6.07) is 10.3. The van der Waals surface area contributed by atoms with Crippen molar-refractivity contribution < 1.29 is 0 Å². The van der Waals surface area contributed by atoms with E-state index in [-0.39, 0.29) is 27.0 Å². The molecule has 0 N–H and O–H groups in total. The zero-order chi connectivity index (χ0) is 6.53. The van der Waals surface area contributed by atoms with E-state index in [0.717, 1.165) is 0 Å². The van der Waals surface area contributed by atoms with E-state index in [1.165, 1.54) is 5.56 Å². The Morgan fingerprint density at radius 2 is 1.55 bits per heavy atom. The highest BCUT2D eigenvalue weighted by molar-refractivity contribution is 7.59. The number of hydrogen-bond acceptors (Lipinski definition) is 0. The van der Waals surface area contributed by atoms with E-state index in [4.69, 9.17) is 0 Å². The van der Waals surface area contributed by atoms with Crippen LogP contribution >= 0.6 is 27.0 Å². The summed E-state index contributed by atoms with van der Waals surface area (Å²) in [4.78, 5) is 0. The molecule has 0 saturated heterocycles. The lowest BCUT2D eigenvalue weighted by Crippen LogP contribution is -1.65. The van der Waals surface area contributed by atoms with Crippen LogP contribution in [-0.4, -0.2) is 0 Å². The van der Waals surface area contributed by atoms with Crippen LogP contribution in [0.3, 0.4) is 0 Å². The van der Waals surface area contributed by atoms with Crippen LogP contribution < -0.4 is 0 Å². The Hall–Kier alpha value is -0.340. The van der Waals surface area contributed by atoms with Crippen LogP contribution in [0.25, 0.3) is 6.08 Å². The van der Waals surface area contributed by atoms with Crippen molar-refractivity contribution in [2.75, 3.05) is 0 Å². The predicted molar refractivity (Wildman–Crippen MR) is 61.9 cm³/mol. The van der Waals surface area contributed by atoms with Crippen molar-refractivity contribution in [1.29, 1.82) is 0 Å². The lowest BCUT2D eigenvalue weighted by molar-refractivity contribution is 1.64. The highest BCUT2D eigenvalue weighted by atomic mass is 32.1. The molecular formula is C9H14S2. The maximum atomic E-state index is 2.08. The first-order valence-corrected chi connectivity index (χ1v) is 3.11. The van der Waals surface area contributed by atoms with Gasteiger partial charge in [-0.3, -0.25) is 0 Å². The predicted octanol–water partition coefficient (Wildman–Crippen LogP) is 2.95. The minimum atomic E-state index is 0. The fraction of sp³-hybridized carbons (Fsp3) is 0.111. The smallest absolute Gasteiger partial charge is 0.0260 e. The normalized spacial score (nSPS) is 8.45. The number of benzene rings is 1. The molecular weight excluding hydrogens is 172 g/mol. The zero-order valence-electron chi connectivity index (χ0n) is 6.54. The Bertz CT molecular complexity index is 192. The van der Waals surface area contributed by atoms with Crippen LogP contribution in [0, 0.1) is 0 Å². The summed E-state index contributed by atoms with van der Waals surface area (Å²) in [5.74, 6) is 0. The monoisotopic (exact) mass is 186 g/mol. The SMILES string of the molecule is CC=Cc1ccccc1.S.S. The molecule has 11 heavy (non-hydrogen) atoms. The number of hydrogen-bond donors (Lipinski definition) is 0. The summed E-state index contributed by atoms with van der Waals surface area (Å²) in [6.45, 7) is 2.02. The fourth-order valence-corrected chi connectivity index (χ4v) is 0.757. The van der Waals surface area contributed by atoms with Crippen LogP contribution in [0.4, 0.5) is 0 Å². The van der Waals surface area contributed by atoms with Gasteiger partial charge in [0.25, 0.3) is 0 Å². The standard InChI is InChI=1S/C9H10.2H2S/c1-2-6-9-7-4-3-5-8-9;;/h2-8H,1H3;2*1H2. The van der Waals surface area contributed by atoms with E-state index in [9.17, 15) is 0 Å². The molecule has 0 fully saturated rings. The molecule has 1 rings (SSSR count). The summed E-state index contributed by atoms with van der Waals surface area (Å²) in [5.41, 5.74) is 1.26. The van der Waals surface area contributed by atoms with Crippen molar-refractivity contribution in [2.45, 2.75) is 6.92 Å². The van der Waals surface area contributed by atoms with Gasteiger partial charge < -0.3 is 0 Å². The quantitative estimate of drug-likeness (QED) is 0.632. The molecule has 0 nitrogen and oxygen atoms in total. The molecule has 0 aliphatic rings. The van der Waals surface area contributed by atoms with Crippen molar-refractivity contribution in [3.8, 4) is 0 Å². The molecule has 0 radical (unpaired) electrons. The van der Waals surface area contributed by atoms with Gasteiger partial charge in [-0.25, -0.2) is 0 Å². The van der Waals surface area contributed by atoms with E-state index < -0.39 is 0 Å². The van der Waals surface area contributed by atoms with Crippen molar-refractivity contribution in [2.24, 2.45) is 0 Å². The molecule has 0 aromatic heterocycles. The molecule has 0 bridgehead atoms. The van der Waals surface area contributed by atoms with E-state index in [0.29, 0.717) is 0 Å².